The molecule has 7 heteroatoms. The van der Waals surface area contributed by atoms with Crippen molar-refractivity contribution in [3.8, 4) is 11.5 Å². The molecule has 1 saturated carbocycles. The van der Waals surface area contributed by atoms with Gasteiger partial charge >= 0.3 is 0 Å². The maximum absolute atomic E-state index is 12.8. The van der Waals surface area contributed by atoms with E-state index >= 15 is 0 Å². The third kappa shape index (κ3) is 4.09. The molecule has 7 nitrogen and oxygen atoms in total. The zero-order valence-electron chi connectivity index (χ0n) is 16.4. The maximum Gasteiger partial charge on any atom is 0.267 e. The predicted molar refractivity (Wildman–Crippen MR) is 104 cm³/mol. The first-order valence-corrected chi connectivity index (χ1v) is 10.3. The Balaban J connectivity index is 1.26. The van der Waals surface area contributed by atoms with Crippen LogP contribution in [-0.4, -0.2) is 72.6 Å². The van der Waals surface area contributed by atoms with Crippen LogP contribution in [0.15, 0.2) is 24.3 Å². The molecule has 1 N–H and O–H groups in total. The molecule has 28 heavy (non-hydrogen) atoms. The van der Waals surface area contributed by atoms with Gasteiger partial charge in [0.15, 0.2) is 11.5 Å². The van der Waals surface area contributed by atoms with Gasteiger partial charge in [-0.1, -0.05) is 25.0 Å². The van der Waals surface area contributed by atoms with Crippen molar-refractivity contribution in [3.63, 3.8) is 0 Å². The normalized spacial score (nSPS) is 24.0. The lowest BCUT2D eigenvalue weighted by Gasteiger charge is -2.39. The van der Waals surface area contributed by atoms with Crippen LogP contribution in [0.4, 0.5) is 0 Å². The fourth-order valence-electron chi connectivity index (χ4n) is 4.23. The van der Waals surface area contributed by atoms with Crippen molar-refractivity contribution in [2.45, 2.75) is 50.8 Å². The van der Waals surface area contributed by atoms with Gasteiger partial charge in [0.05, 0.1) is 6.04 Å². The first kappa shape index (κ1) is 19.1. The molecule has 1 aromatic carbocycles. The van der Waals surface area contributed by atoms with Crippen LogP contribution in [0.2, 0.25) is 0 Å². The van der Waals surface area contributed by atoms with Crippen molar-refractivity contribution < 1.29 is 19.1 Å². The number of hydrogen-bond acceptors (Lipinski definition) is 5. The molecule has 2 unspecified atom stereocenters. The van der Waals surface area contributed by atoms with Gasteiger partial charge in [0.2, 0.25) is 12.0 Å². The Hall–Kier alpha value is -2.28. The molecule has 1 aliphatic carbocycles. The van der Waals surface area contributed by atoms with E-state index in [0.29, 0.717) is 43.7 Å². The molecule has 0 aromatic heterocycles. The Morgan fingerprint density at radius 2 is 1.75 bits per heavy atom. The number of nitrogens with one attached hydrogen (secondary N) is 1. The molecule has 0 bridgehead atoms. The molecule has 4 rings (SSSR count). The Morgan fingerprint density at radius 1 is 1.07 bits per heavy atom. The first-order valence-electron chi connectivity index (χ1n) is 10.3. The van der Waals surface area contributed by atoms with Crippen molar-refractivity contribution in [1.82, 2.24) is 15.1 Å². The Morgan fingerprint density at radius 3 is 2.46 bits per heavy atom. The molecule has 2 aliphatic heterocycles. The van der Waals surface area contributed by atoms with Gasteiger partial charge in [0.25, 0.3) is 5.91 Å². The SMILES string of the molecule is CC(C(=O)NC1CCCC1)N1CCN(C(=O)C2COc3ccccc3O2)CC1. The van der Waals surface area contributed by atoms with E-state index in [1.54, 1.807) is 0 Å². The lowest BCUT2D eigenvalue weighted by molar-refractivity contribution is -0.143. The lowest BCUT2D eigenvalue weighted by Crippen LogP contribution is -2.58. The summed E-state index contributed by atoms with van der Waals surface area (Å²) in [6, 6.07) is 7.58. The number of ether oxygens (including phenoxy) is 2. The number of fused-ring (bicyclic) bond motifs is 1. The molecule has 3 aliphatic rings. The van der Waals surface area contributed by atoms with Crippen LogP contribution in [0.1, 0.15) is 32.6 Å². The number of rotatable bonds is 4. The van der Waals surface area contributed by atoms with E-state index in [2.05, 4.69) is 10.2 Å². The molecule has 1 saturated heterocycles. The molecule has 0 radical (unpaired) electrons. The van der Waals surface area contributed by atoms with Crippen LogP contribution in [0.25, 0.3) is 0 Å². The zero-order valence-corrected chi connectivity index (χ0v) is 16.4. The summed E-state index contributed by atoms with van der Waals surface area (Å²) in [4.78, 5) is 29.3. The van der Waals surface area contributed by atoms with Crippen LogP contribution in [0, 0.1) is 0 Å². The number of carbonyl (C=O) groups is 2. The highest BCUT2D eigenvalue weighted by Gasteiger charge is 2.34. The second-order valence-electron chi connectivity index (χ2n) is 7.89. The third-order valence-electron chi connectivity index (χ3n) is 6.04. The number of nitrogens with zero attached hydrogens (tertiary/aromatic N) is 2. The third-order valence-corrected chi connectivity index (χ3v) is 6.04. The number of para-hydroxylation sites is 2. The lowest BCUT2D eigenvalue weighted by atomic mass is 10.1. The van der Waals surface area contributed by atoms with Gasteiger partial charge in [0, 0.05) is 32.2 Å². The van der Waals surface area contributed by atoms with E-state index in [9.17, 15) is 9.59 Å². The Kier molecular flexibility index (Phi) is 5.71. The highest BCUT2D eigenvalue weighted by Crippen LogP contribution is 2.31. The summed E-state index contributed by atoms with van der Waals surface area (Å²) >= 11 is 0. The fourth-order valence-corrected chi connectivity index (χ4v) is 4.23. The summed E-state index contributed by atoms with van der Waals surface area (Å²) in [5.41, 5.74) is 0. The van der Waals surface area contributed by atoms with Crippen molar-refractivity contribution in [1.29, 1.82) is 0 Å². The molecule has 2 heterocycles. The molecule has 0 spiro atoms. The van der Waals surface area contributed by atoms with Crippen molar-refractivity contribution in [2.75, 3.05) is 32.8 Å². The molecule has 1 aromatic rings. The fraction of sp³-hybridized carbons (Fsp3) is 0.619. The van der Waals surface area contributed by atoms with Gasteiger partial charge < -0.3 is 19.7 Å². The van der Waals surface area contributed by atoms with E-state index in [4.69, 9.17) is 9.47 Å². The number of amides is 2. The monoisotopic (exact) mass is 387 g/mol. The minimum Gasteiger partial charge on any atom is -0.485 e. The second-order valence-corrected chi connectivity index (χ2v) is 7.89. The van der Waals surface area contributed by atoms with E-state index in [-0.39, 0.29) is 24.5 Å². The highest BCUT2D eigenvalue weighted by molar-refractivity contribution is 5.83. The predicted octanol–water partition coefficient (Wildman–Crippen LogP) is 1.42. The highest BCUT2D eigenvalue weighted by atomic mass is 16.6. The maximum atomic E-state index is 12.8. The largest absolute Gasteiger partial charge is 0.485 e. The molecule has 2 fully saturated rings. The summed E-state index contributed by atoms with van der Waals surface area (Å²) in [6.45, 7) is 4.76. The summed E-state index contributed by atoms with van der Waals surface area (Å²) in [6.07, 6.45) is 3.99. The first-order chi connectivity index (χ1) is 13.6. The van der Waals surface area contributed by atoms with Crippen molar-refractivity contribution in [2.24, 2.45) is 0 Å². The van der Waals surface area contributed by atoms with E-state index in [1.807, 2.05) is 36.1 Å². The van der Waals surface area contributed by atoms with Gasteiger partial charge in [0.1, 0.15) is 6.61 Å². The minimum absolute atomic E-state index is 0.0442. The van der Waals surface area contributed by atoms with Crippen LogP contribution < -0.4 is 14.8 Å². The second kappa shape index (κ2) is 8.39. The van der Waals surface area contributed by atoms with Crippen LogP contribution in [-0.2, 0) is 9.59 Å². The molecular formula is C21H29N3O4. The van der Waals surface area contributed by atoms with Gasteiger partial charge in [-0.25, -0.2) is 0 Å². The smallest absolute Gasteiger partial charge is 0.267 e. The summed E-state index contributed by atoms with van der Waals surface area (Å²) in [5, 5.41) is 3.17. The van der Waals surface area contributed by atoms with Crippen molar-refractivity contribution >= 4 is 11.8 Å². The molecule has 152 valence electrons. The molecular weight excluding hydrogens is 358 g/mol. The average Bonchev–Trinajstić information content (AvgIpc) is 3.25. The average molecular weight is 387 g/mol. The van der Waals surface area contributed by atoms with E-state index in [1.165, 1.54) is 12.8 Å². The van der Waals surface area contributed by atoms with Gasteiger partial charge in [-0.15, -0.1) is 0 Å². The summed E-state index contributed by atoms with van der Waals surface area (Å²) < 4.78 is 11.5. The topological polar surface area (TPSA) is 71.1 Å². The van der Waals surface area contributed by atoms with E-state index in [0.717, 1.165) is 12.8 Å². The summed E-state index contributed by atoms with van der Waals surface area (Å²) in [7, 11) is 0. The molecule has 2 amide bonds. The molecule has 2 atom stereocenters. The van der Waals surface area contributed by atoms with Gasteiger partial charge in [-0.05, 0) is 31.9 Å². The Bertz CT molecular complexity index is 711. The number of piperazine rings is 1. The van der Waals surface area contributed by atoms with Crippen molar-refractivity contribution in [3.05, 3.63) is 24.3 Å². The number of carbonyl (C=O) groups excluding carboxylic acids is 2. The van der Waals surface area contributed by atoms with Crippen LogP contribution in [0.5, 0.6) is 11.5 Å². The summed E-state index contributed by atoms with van der Waals surface area (Å²) in [5.74, 6) is 1.35. The number of hydrogen-bond donors (Lipinski definition) is 1. The minimum atomic E-state index is -0.607. The quantitative estimate of drug-likeness (QED) is 0.846. The van der Waals surface area contributed by atoms with Gasteiger partial charge in [-0.3, -0.25) is 14.5 Å². The van der Waals surface area contributed by atoms with Gasteiger partial charge in [-0.2, -0.15) is 0 Å². The Labute approximate surface area is 166 Å². The number of benzene rings is 1. The standard InChI is InChI=1S/C21H29N3O4/c1-15(20(25)22-16-6-2-3-7-16)23-10-12-24(13-11-23)21(26)19-14-27-17-8-4-5-9-18(17)28-19/h4-5,8-9,15-16,19H,2-3,6-7,10-14H2,1H3,(H,22,25). The van der Waals surface area contributed by atoms with Crippen LogP contribution in [0.3, 0.4) is 0 Å². The van der Waals surface area contributed by atoms with Crippen LogP contribution >= 0.6 is 0 Å². The zero-order chi connectivity index (χ0) is 19.5. The van der Waals surface area contributed by atoms with E-state index < -0.39 is 6.10 Å².